The Morgan fingerprint density at radius 2 is 1.81 bits per heavy atom. The quantitative estimate of drug-likeness (QED) is 0.825. The van der Waals surface area contributed by atoms with Crippen LogP contribution >= 0.6 is 23.2 Å². The highest BCUT2D eigenvalue weighted by molar-refractivity contribution is 6.34. The summed E-state index contributed by atoms with van der Waals surface area (Å²) in [6, 6.07) is 1.29. The molecule has 21 heavy (non-hydrogen) atoms. The first-order valence-electron chi connectivity index (χ1n) is 6.03. The molecular formula is C11H11Cl2F3N4O. The molecular weight excluding hydrogens is 332 g/mol. The van der Waals surface area contributed by atoms with Crippen LogP contribution in [-0.2, 0) is 0 Å². The lowest BCUT2D eigenvalue weighted by molar-refractivity contribution is -0.148. The molecule has 0 saturated carbocycles. The smallest absolute Gasteiger partial charge is 0.336 e. The van der Waals surface area contributed by atoms with Gasteiger partial charge >= 0.3 is 6.18 Å². The van der Waals surface area contributed by atoms with E-state index in [9.17, 15) is 18.0 Å². The highest BCUT2D eigenvalue weighted by atomic mass is 35.5. The maximum absolute atomic E-state index is 12.3. The normalized spacial score (nSPS) is 17.1. The number of hydrogen-bond donors (Lipinski definition) is 0. The van der Waals surface area contributed by atoms with Crippen molar-refractivity contribution in [1.29, 1.82) is 0 Å². The number of piperazine rings is 1. The van der Waals surface area contributed by atoms with E-state index in [1.165, 1.54) is 15.9 Å². The summed E-state index contributed by atoms with van der Waals surface area (Å²) in [5, 5.41) is 6.98. The van der Waals surface area contributed by atoms with E-state index in [1.807, 2.05) is 0 Å². The van der Waals surface area contributed by atoms with E-state index >= 15 is 0 Å². The van der Waals surface area contributed by atoms with E-state index in [1.54, 1.807) is 0 Å². The summed E-state index contributed by atoms with van der Waals surface area (Å²) in [6.45, 7) is -0.307. The fraction of sp³-hybridized carbons (Fsp3) is 0.545. The monoisotopic (exact) mass is 342 g/mol. The molecule has 1 aromatic rings. The van der Waals surface area contributed by atoms with Gasteiger partial charge < -0.3 is 4.90 Å². The average molecular weight is 343 g/mol. The van der Waals surface area contributed by atoms with E-state index in [0.717, 1.165) is 0 Å². The van der Waals surface area contributed by atoms with Crippen LogP contribution < -0.4 is 0 Å². The van der Waals surface area contributed by atoms with Crippen molar-refractivity contribution in [3.8, 4) is 0 Å². The minimum atomic E-state index is -4.24. The summed E-state index contributed by atoms with van der Waals surface area (Å²) in [7, 11) is 0. The van der Waals surface area contributed by atoms with E-state index < -0.39 is 18.6 Å². The lowest BCUT2D eigenvalue weighted by Gasteiger charge is -2.35. The van der Waals surface area contributed by atoms with Gasteiger partial charge in [-0.05, 0) is 6.07 Å². The summed E-state index contributed by atoms with van der Waals surface area (Å²) < 4.78 is 36.9. The maximum Gasteiger partial charge on any atom is 0.401 e. The second-order valence-corrected chi connectivity index (χ2v) is 5.30. The fourth-order valence-corrected chi connectivity index (χ4v) is 2.36. The molecule has 2 rings (SSSR count). The van der Waals surface area contributed by atoms with Crippen molar-refractivity contribution in [2.75, 3.05) is 32.7 Å². The molecule has 1 amide bonds. The summed E-state index contributed by atoms with van der Waals surface area (Å²) in [4.78, 5) is 14.9. The first-order valence-corrected chi connectivity index (χ1v) is 6.79. The molecule has 0 aliphatic carbocycles. The van der Waals surface area contributed by atoms with E-state index in [-0.39, 0.29) is 42.0 Å². The largest absolute Gasteiger partial charge is 0.401 e. The van der Waals surface area contributed by atoms with Crippen molar-refractivity contribution in [3.05, 3.63) is 21.9 Å². The summed E-state index contributed by atoms with van der Waals surface area (Å²) in [5.74, 6) is -0.413. The van der Waals surface area contributed by atoms with Crippen LogP contribution in [0.4, 0.5) is 13.2 Å². The molecule has 0 spiro atoms. The zero-order valence-electron chi connectivity index (χ0n) is 10.7. The van der Waals surface area contributed by atoms with Gasteiger partial charge in [-0.3, -0.25) is 9.69 Å². The standard InChI is InChI=1S/C11H11Cl2F3N4O/c12-8-5-7(9(13)18-17-8)10(21)20-3-1-19(2-4-20)6-11(14,15)16/h5H,1-4,6H2. The van der Waals surface area contributed by atoms with Gasteiger partial charge in [-0.15, -0.1) is 10.2 Å². The molecule has 1 fully saturated rings. The highest BCUT2D eigenvalue weighted by Gasteiger charge is 2.33. The fourth-order valence-electron chi connectivity index (χ4n) is 2.04. The molecule has 1 saturated heterocycles. The van der Waals surface area contributed by atoms with E-state index in [0.29, 0.717) is 0 Å². The Labute approximate surface area is 128 Å². The first kappa shape index (κ1) is 16.3. The third-order valence-electron chi connectivity index (χ3n) is 3.01. The van der Waals surface area contributed by atoms with Crippen LogP contribution in [0.25, 0.3) is 0 Å². The van der Waals surface area contributed by atoms with Gasteiger partial charge in [0.1, 0.15) is 0 Å². The maximum atomic E-state index is 12.3. The Hall–Kier alpha value is -1.12. The summed E-state index contributed by atoms with van der Waals surface area (Å²) in [5.41, 5.74) is 0.0981. The molecule has 1 aromatic heterocycles. The molecule has 0 unspecified atom stereocenters. The second-order valence-electron chi connectivity index (χ2n) is 4.56. The zero-order valence-corrected chi connectivity index (χ0v) is 12.2. The molecule has 0 aromatic carbocycles. The molecule has 1 aliphatic rings. The predicted molar refractivity (Wildman–Crippen MR) is 70.5 cm³/mol. The van der Waals surface area contributed by atoms with Crippen LogP contribution in [0.5, 0.6) is 0 Å². The Kier molecular flexibility index (Phi) is 4.90. The van der Waals surface area contributed by atoms with Crippen LogP contribution in [0.1, 0.15) is 10.4 Å². The summed E-state index contributed by atoms with van der Waals surface area (Å²) in [6.07, 6.45) is -4.24. The zero-order chi connectivity index (χ0) is 15.6. The highest BCUT2D eigenvalue weighted by Crippen LogP contribution is 2.20. The van der Waals surface area contributed by atoms with Gasteiger partial charge in [0, 0.05) is 26.2 Å². The number of nitrogens with zero attached hydrogens (tertiary/aromatic N) is 4. The third kappa shape index (κ3) is 4.42. The molecule has 1 aliphatic heterocycles. The molecule has 5 nitrogen and oxygen atoms in total. The number of carbonyl (C=O) groups is 1. The molecule has 0 bridgehead atoms. The molecule has 2 heterocycles. The molecule has 0 radical (unpaired) electrons. The van der Waals surface area contributed by atoms with Gasteiger partial charge in [-0.2, -0.15) is 13.2 Å². The van der Waals surface area contributed by atoms with Crippen LogP contribution in [0.15, 0.2) is 6.07 Å². The van der Waals surface area contributed by atoms with Crippen molar-refractivity contribution >= 4 is 29.1 Å². The van der Waals surface area contributed by atoms with Crippen LogP contribution in [0, 0.1) is 0 Å². The third-order valence-corrected chi connectivity index (χ3v) is 3.48. The van der Waals surface area contributed by atoms with E-state index in [4.69, 9.17) is 23.2 Å². The lowest BCUT2D eigenvalue weighted by Crippen LogP contribution is -2.51. The van der Waals surface area contributed by atoms with Gasteiger partial charge in [0.25, 0.3) is 5.91 Å². The second kappa shape index (κ2) is 6.33. The van der Waals surface area contributed by atoms with Crippen LogP contribution in [-0.4, -0.2) is 64.8 Å². The Balaban J connectivity index is 1.99. The number of aromatic nitrogens is 2. The van der Waals surface area contributed by atoms with Gasteiger partial charge in [0.15, 0.2) is 10.3 Å². The van der Waals surface area contributed by atoms with Gasteiger partial charge in [0.05, 0.1) is 12.1 Å². The molecule has 10 heteroatoms. The SMILES string of the molecule is O=C(c1cc(Cl)nnc1Cl)N1CCN(CC(F)(F)F)CC1. The van der Waals surface area contributed by atoms with Crippen molar-refractivity contribution in [1.82, 2.24) is 20.0 Å². The topological polar surface area (TPSA) is 49.3 Å². The van der Waals surface area contributed by atoms with Crippen LogP contribution in [0.2, 0.25) is 10.3 Å². The molecule has 0 N–H and O–H groups in total. The van der Waals surface area contributed by atoms with Crippen molar-refractivity contribution in [2.24, 2.45) is 0 Å². The number of halogens is 5. The van der Waals surface area contributed by atoms with Gasteiger partial charge in [-0.1, -0.05) is 23.2 Å². The Morgan fingerprint density at radius 1 is 1.19 bits per heavy atom. The van der Waals surface area contributed by atoms with Crippen molar-refractivity contribution in [2.45, 2.75) is 6.18 Å². The molecule has 116 valence electrons. The summed E-state index contributed by atoms with van der Waals surface area (Å²) >= 11 is 11.4. The minimum absolute atomic E-state index is 0.0263. The average Bonchev–Trinajstić information content (AvgIpc) is 2.40. The number of alkyl halides is 3. The van der Waals surface area contributed by atoms with Crippen molar-refractivity contribution < 1.29 is 18.0 Å². The predicted octanol–water partition coefficient (Wildman–Crippen LogP) is 2.10. The van der Waals surface area contributed by atoms with Crippen molar-refractivity contribution in [3.63, 3.8) is 0 Å². The lowest BCUT2D eigenvalue weighted by atomic mass is 10.2. The number of carbonyl (C=O) groups excluding carboxylic acids is 1. The number of hydrogen-bond acceptors (Lipinski definition) is 4. The number of amides is 1. The van der Waals surface area contributed by atoms with Gasteiger partial charge in [0.2, 0.25) is 0 Å². The Bertz CT molecular complexity index is 533. The molecule has 0 atom stereocenters. The number of rotatable bonds is 2. The van der Waals surface area contributed by atoms with Crippen LogP contribution in [0.3, 0.4) is 0 Å². The van der Waals surface area contributed by atoms with Gasteiger partial charge in [-0.25, -0.2) is 0 Å². The van der Waals surface area contributed by atoms with E-state index in [2.05, 4.69) is 10.2 Å². The minimum Gasteiger partial charge on any atom is -0.336 e. The Morgan fingerprint density at radius 3 is 2.38 bits per heavy atom. The first-order chi connectivity index (χ1) is 9.76.